The fraction of sp³-hybridized carbons (Fsp3) is 0.143. The lowest BCUT2D eigenvalue weighted by molar-refractivity contribution is -0.379. The molecule has 4 heterocycles. The van der Waals surface area contributed by atoms with Gasteiger partial charge in [0.15, 0.2) is 5.65 Å². The zero-order valence-corrected chi connectivity index (χ0v) is 16.4. The first-order chi connectivity index (χ1) is 14.7. The fourth-order valence-corrected chi connectivity index (χ4v) is 3.66. The summed E-state index contributed by atoms with van der Waals surface area (Å²) in [5.74, 6) is 1.34. The summed E-state index contributed by atoms with van der Waals surface area (Å²) in [6.45, 7) is 2.51. The summed E-state index contributed by atoms with van der Waals surface area (Å²) in [6, 6.07) is 11.3. The number of hydrogen-bond donors (Lipinski definition) is 1. The molecule has 0 bridgehead atoms. The van der Waals surface area contributed by atoms with Gasteiger partial charge >= 0.3 is 0 Å². The van der Waals surface area contributed by atoms with Crippen LogP contribution in [0, 0.1) is 11.8 Å². The molecule has 0 amide bonds. The number of ether oxygens (including phenoxy) is 1. The molecule has 0 aliphatic carbocycles. The summed E-state index contributed by atoms with van der Waals surface area (Å²) in [5.41, 5.74) is 5.48. The predicted octanol–water partition coefficient (Wildman–Crippen LogP) is 2.01. The molecule has 0 radical (unpaired) electrons. The number of benzene rings is 1. The Kier molecular flexibility index (Phi) is 4.20. The van der Waals surface area contributed by atoms with Crippen LogP contribution in [0.25, 0.3) is 27.9 Å². The molecule has 0 aliphatic rings. The van der Waals surface area contributed by atoms with Crippen molar-refractivity contribution in [3.8, 4) is 11.6 Å². The predicted molar refractivity (Wildman–Crippen MR) is 111 cm³/mol. The van der Waals surface area contributed by atoms with Crippen LogP contribution in [0.3, 0.4) is 0 Å². The van der Waals surface area contributed by atoms with Crippen LogP contribution in [0.4, 0.5) is 5.69 Å². The van der Waals surface area contributed by atoms with Crippen LogP contribution in [-0.4, -0.2) is 36.2 Å². The standard InChI is InChI=1S/C21H17N7O2/c1-13-25-20-18(28(13)11-14-4-3-5-15(8-14)26-29)9-16(10-22-20)27-7-6-17-19(27)21(30-2)24-12-23-17/h3-10,12H,11H2,1-2H3/p+1. The minimum atomic E-state index is 0.497. The van der Waals surface area contributed by atoms with Gasteiger partial charge in [0.05, 0.1) is 30.0 Å². The van der Waals surface area contributed by atoms with Crippen LogP contribution in [0.5, 0.6) is 5.88 Å². The van der Waals surface area contributed by atoms with Gasteiger partial charge in [0.1, 0.15) is 17.7 Å². The topological polar surface area (TPSA) is 102 Å². The lowest BCUT2D eigenvalue weighted by Crippen LogP contribution is -2.55. The molecule has 0 unspecified atom stereocenters. The number of pyridine rings is 1. The van der Waals surface area contributed by atoms with Crippen molar-refractivity contribution in [1.82, 2.24) is 29.1 Å². The zero-order chi connectivity index (χ0) is 20.7. The maximum absolute atomic E-state index is 11.0. The summed E-state index contributed by atoms with van der Waals surface area (Å²) in [6.07, 6.45) is 5.17. The molecular weight excluding hydrogens is 382 g/mol. The van der Waals surface area contributed by atoms with E-state index < -0.39 is 0 Å². The van der Waals surface area contributed by atoms with Gasteiger partial charge in [0, 0.05) is 35.0 Å². The van der Waals surface area contributed by atoms with Gasteiger partial charge < -0.3 is 13.9 Å². The first kappa shape index (κ1) is 17.9. The van der Waals surface area contributed by atoms with Crippen molar-refractivity contribution in [2.75, 3.05) is 7.11 Å². The van der Waals surface area contributed by atoms with Gasteiger partial charge in [-0.1, -0.05) is 12.1 Å². The second kappa shape index (κ2) is 7.03. The van der Waals surface area contributed by atoms with Crippen LogP contribution in [0.2, 0.25) is 0 Å². The zero-order valence-electron chi connectivity index (χ0n) is 16.4. The minimum absolute atomic E-state index is 0.497. The van der Waals surface area contributed by atoms with Gasteiger partial charge in [-0.3, -0.25) is 0 Å². The lowest BCUT2D eigenvalue weighted by atomic mass is 10.2. The molecule has 1 N–H and O–H groups in total. The largest absolute Gasteiger partial charge is 0.479 e. The third-order valence-electron chi connectivity index (χ3n) is 5.08. The van der Waals surface area contributed by atoms with E-state index in [0.29, 0.717) is 23.8 Å². The summed E-state index contributed by atoms with van der Waals surface area (Å²) in [4.78, 5) is 28.7. The first-order valence-corrected chi connectivity index (χ1v) is 9.34. The molecule has 30 heavy (non-hydrogen) atoms. The van der Waals surface area contributed by atoms with E-state index in [9.17, 15) is 4.91 Å². The number of rotatable bonds is 5. The fourth-order valence-electron chi connectivity index (χ4n) is 3.66. The van der Waals surface area contributed by atoms with Crippen LogP contribution >= 0.6 is 0 Å². The van der Waals surface area contributed by atoms with E-state index in [1.54, 1.807) is 19.4 Å². The maximum Gasteiger partial charge on any atom is 0.253 e. The molecule has 0 saturated heterocycles. The van der Waals surface area contributed by atoms with Crippen molar-refractivity contribution in [1.29, 1.82) is 0 Å². The third kappa shape index (κ3) is 2.87. The molecule has 0 spiro atoms. The summed E-state index contributed by atoms with van der Waals surface area (Å²) in [5, 5.41) is 1.94. The molecule has 5 aromatic rings. The SMILES string of the molecule is COc1ncnc2ccn(-c3cnc4nc(C)n(Cc5cccc([NH+]=O)c5)c4c3)c12. The number of nitrogens with one attached hydrogen (secondary N) is 1. The Balaban J connectivity index is 1.64. The highest BCUT2D eigenvalue weighted by Crippen LogP contribution is 2.27. The Hall–Kier alpha value is -4.14. The molecule has 4 aromatic heterocycles. The van der Waals surface area contributed by atoms with Crippen LogP contribution in [-0.2, 0) is 6.54 Å². The molecule has 9 nitrogen and oxygen atoms in total. The molecule has 9 heteroatoms. The van der Waals surface area contributed by atoms with E-state index in [1.165, 1.54) is 6.33 Å². The quantitative estimate of drug-likeness (QED) is 0.484. The number of aryl methyl sites for hydroxylation is 1. The van der Waals surface area contributed by atoms with Gasteiger partial charge in [0.2, 0.25) is 5.88 Å². The number of aromatic nitrogens is 6. The van der Waals surface area contributed by atoms with E-state index >= 15 is 0 Å². The van der Waals surface area contributed by atoms with Gasteiger partial charge in [-0.15, -0.1) is 0 Å². The number of imidazole rings is 1. The van der Waals surface area contributed by atoms with Crippen molar-refractivity contribution in [2.24, 2.45) is 0 Å². The second-order valence-electron chi connectivity index (χ2n) is 6.89. The summed E-state index contributed by atoms with van der Waals surface area (Å²) >= 11 is 0. The van der Waals surface area contributed by atoms with Crippen molar-refractivity contribution < 1.29 is 9.91 Å². The highest BCUT2D eigenvalue weighted by molar-refractivity contribution is 5.83. The van der Waals surface area contributed by atoms with Gasteiger partial charge in [-0.25, -0.2) is 15.0 Å². The highest BCUT2D eigenvalue weighted by Gasteiger charge is 2.15. The third-order valence-corrected chi connectivity index (χ3v) is 5.08. The highest BCUT2D eigenvalue weighted by atomic mass is 16.5. The molecular formula is C21H18N7O2+. The Morgan fingerprint density at radius 1 is 1.13 bits per heavy atom. The summed E-state index contributed by atoms with van der Waals surface area (Å²) < 4.78 is 9.45. The molecule has 0 atom stereocenters. The van der Waals surface area contributed by atoms with E-state index in [4.69, 9.17) is 4.74 Å². The molecule has 0 fully saturated rings. The van der Waals surface area contributed by atoms with E-state index in [1.807, 2.05) is 53.2 Å². The average molecular weight is 400 g/mol. The minimum Gasteiger partial charge on any atom is -0.479 e. The van der Waals surface area contributed by atoms with Crippen molar-refractivity contribution >= 4 is 27.9 Å². The number of nitroso groups, excluding NO2 is 1. The lowest BCUT2D eigenvalue weighted by Gasteiger charge is -2.10. The number of fused-ring (bicyclic) bond motifs is 2. The van der Waals surface area contributed by atoms with Crippen molar-refractivity contribution in [3.05, 3.63) is 71.4 Å². The van der Waals surface area contributed by atoms with Crippen molar-refractivity contribution in [2.45, 2.75) is 13.5 Å². The molecule has 148 valence electrons. The Bertz CT molecular complexity index is 1400. The average Bonchev–Trinajstić information content (AvgIpc) is 3.34. The van der Waals surface area contributed by atoms with Crippen molar-refractivity contribution in [3.63, 3.8) is 0 Å². The smallest absolute Gasteiger partial charge is 0.253 e. The van der Waals surface area contributed by atoms with Gasteiger partial charge in [0.25, 0.3) is 5.69 Å². The number of hydrogen-bond acceptors (Lipinski definition) is 6. The van der Waals surface area contributed by atoms with E-state index in [0.717, 1.165) is 33.6 Å². The molecule has 0 saturated carbocycles. The Morgan fingerprint density at radius 3 is 2.87 bits per heavy atom. The Labute approximate surface area is 171 Å². The summed E-state index contributed by atoms with van der Waals surface area (Å²) in [7, 11) is 1.59. The second-order valence-corrected chi connectivity index (χ2v) is 6.89. The van der Waals surface area contributed by atoms with E-state index in [2.05, 4.69) is 24.5 Å². The Morgan fingerprint density at radius 2 is 2.03 bits per heavy atom. The number of nitrogens with zero attached hydrogens (tertiary/aromatic N) is 6. The van der Waals surface area contributed by atoms with Crippen LogP contribution < -0.4 is 9.91 Å². The van der Waals surface area contributed by atoms with Crippen LogP contribution in [0.1, 0.15) is 11.4 Å². The number of methoxy groups -OCH3 is 1. The van der Waals surface area contributed by atoms with Gasteiger partial charge in [-0.2, -0.15) is 4.98 Å². The van der Waals surface area contributed by atoms with E-state index in [-0.39, 0.29) is 0 Å². The monoisotopic (exact) mass is 400 g/mol. The first-order valence-electron chi connectivity index (χ1n) is 9.34. The molecule has 1 aromatic carbocycles. The molecule has 5 rings (SSSR count). The van der Waals surface area contributed by atoms with Gasteiger partial charge in [-0.05, 0) is 24.6 Å². The molecule has 0 aliphatic heterocycles. The normalized spacial score (nSPS) is 11.3. The van der Waals surface area contributed by atoms with Crippen LogP contribution in [0.15, 0.2) is 55.1 Å². The maximum atomic E-state index is 11.0.